The standard InChI is InChI=1S/C16H25NO4/c1-13(2)12-21-15-6-3-5-14(11-15)16(19)17-7-4-9-20-10-8-18/h3,5-6,11,13,18H,4,7-10,12H2,1-2H3,(H,17,19). The van der Waals surface area contributed by atoms with Gasteiger partial charge >= 0.3 is 0 Å². The van der Waals surface area contributed by atoms with E-state index in [-0.39, 0.29) is 12.5 Å². The summed E-state index contributed by atoms with van der Waals surface area (Å²) in [7, 11) is 0. The first-order valence-electron chi connectivity index (χ1n) is 7.33. The third-order valence-corrected chi connectivity index (χ3v) is 2.67. The lowest BCUT2D eigenvalue weighted by atomic mass is 10.2. The van der Waals surface area contributed by atoms with E-state index in [1.165, 1.54) is 0 Å². The number of ether oxygens (including phenoxy) is 2. The third kappa shape index (κ3) is 7.68. The maximum Gasteiger partial charge on any atom is 0.251 e. The van der Waals surface area contributed by atoms with Crippen LogP contribution in [0.25, 0.3) is 0 Å². The predicted octanol–water partition coefficient (Wildman–Crippen LogP) is 1.85. The second kappa shape index (κ2) is 10.2. The minimum absolute atomic E-state index is 0.0233. The van der Waals surface area contributed by atoms with E-state index in [1.54, 1.807) is 12.1 Å². The molecule has 0 saturated heterocycles. The summed E-state index contributed by atoms with van der Waals surface area (Å²) in [5, 5.41) is 11.4. The fourth-order valence-electron chi connectivity index (χ4n) is 1.63. The topological polar surface area (TPSA) is 67.8 Å². The van der Waals surface area contributed by atoms with Crippen LogP contribution in [0.4, 0.5) is 0 Å². The lowest BCUT2D eigenvalue weighted by Gasteiger charge is -2.10. The highest BCUT2D eigenvalue weighted by molar-refractivity contribution is 5.94. The highest BCUT2D eigenvalue weighted by Gasteiger charge is 2.06. The molecule has 1 rings (SSSR count). The van der Waals surface area contributed by atoms with E-state index in [4.69, 9.17) is 14.6 Å². The molecule has 0 heterocycles. The highest BCUT2D eigenvalue weighted by Crippen LogP contribution is 2.14. The van der Waals surface area contributed by atoms with Gasteiger partial charge in [0.15, 0.2) is 0 Å². The Hall–Kier alpha value is -1.59. The van der Waals surface area contributed by atoms with Crippen LogP contribution in [-0.2, 0) is 4.74 Å². The molecule has 0 aliphatic carbocycles. The summed E-state index contributed by atoms with van der Waals surface area (Å²) >= 11 is 0. The average molecular weight is 295 g/mol. The van der Waals surface area contributed by atoms with Crippen molar-refractivity contribution >= 4 is 5.91 Å². The van der Waals surface area contributed by atoms with Crippen molar-refractivity contribution in [3.8, 4) is 5.75 Å². The van der Waals surface area contributed by atoms with Crippen LogP contribution < -0.4 is 10.1 Å². The fraction of sp³-hybridized carbons (Fsp3) is 0.562. The summed E-state index contributed by atoms with van der Waals surface area (Å²) in [6.45, 7) is 6.22. The molecule has 0 spiro atoms. The Bertz CT molecular complexity index is 420. The van der Waals surface area contributed by atoms with E-state index in [0.717, 1.165) is 6.42 Å². The summed E-state index contributed by atoms with van der Waals surface area (Å²) in [6.07, 6.45) is 0.718. The lowest BCUT2D eigenvalue weighted by molar-refractivity contribution is 0.0867. The minimum atomic E-state index is -0.118. The fourth-order valence-corrected chi connectivity index (χ4v) is 1.63. The van der Waals surface area contributed by atoms with Gasteiger partial charge in [0.2, 0.25) is 0 Å². The van der Waals surface area contributed by atoms with Crippen LogP contribution in [0.2, 0.25) is 0 Å². The van der Waals surface area contributed by atoms with Crippen molar-refractivity contribution in [3.05, 3.63) is 29.8 Å². The number of hydrogen-bond donors (Lipinski definition) is 2. The minimum Gasteiger partial charge on any atom is -0.493 e. The first kappa shape index (κ1) is 17.5. The molecule has 0 bridgehead atoms. The van der Waals surface area contributed by atoms with Crippen molar-refractivity contribution in [1.82, 2.24) is 5.32 Å². The number of benzene rings is 1. The number of aliphatic hydroxyl groups excluding tert-OH is 1. The van der Waals surface area contributed by atoms with Crippen molar-refractivity contribution in [1.29, 1.82) is 0 Å². The molecule has 1 aromatic rings. The van der Waals surface area contributed by atoms with Crippen LogP contribution in [0, 0.1) is 5.92 Å². The SMILES string of the molecule is CC(C)COc1cccc(C(=O)NCCCOCCO)c1. The molecule has 0 unspecified atom stereocenters. The number of rotatable bonds is 10. The highest BCUT2D eigenvalue weighted by atomic mass is 16.5. The molecule has 1 aromatic carbocycles. The Morgan fingerprint density at radius 2 is 2.14 bits per heavy atom. The Kier molecular flexibility index (Phi) is 8.47. The van der Waals surface area contributed by atoms with Gasteiger partial charge < -0.3 is 19.9 Å². The van der Waals surface area contributed by atoms with Gasteiger partial charge in [-0.05, 0) is 30.5 Å². The normalized spacial score (nSPS) is 10.7. The smallest absolute Gasteiger partial charge is 0.251 e. The van der Waals surface area contributed by atoms with Gasteiger partial charge in [-0.15, -0.1) is 0 Å². The van der Waals surface area contributed by atoms with Crippen molar-refractivity contribution in [3.63, 3.8) is 0 Å². The molecule has 1 amide bonds. The van der Waals surface area contributed by atoms with Gasteiger partial charge in [-0.25, -0.2) is 0 Å². The molecule has 5 heteroatoms. The van der Waals surface area contributed by atoms with Crippen LogP contribution >= 0.6 is 0 Å². The molecule has 0 fully saturated rings. The molecule has 0 atom stereocenters. The number of carbonyl (C=O) groups excluding carboxylic acids is 1. The zero-order valence-corrected chi connectivity index (χ0v) is 12.8. The van der Waals surface area contributed by atoms with Gasteiger partial charge in [0.05, 0.1) is 19.8 Å². The Morgan fingerprint density at radius 1 is 1.33 bits per heavy atom. The van der Waals surface area contributed by atoms with Gasteiger partial charge in [-0.2, -0.15) is 0 Å². The van der Waals surface area contributed by atoms with E-state index in [2.05, 4.69) is 19.2 Å². The first-order valence-corrected chi connectivity index (χ1v) is 7.33. The van der Waals surface area contributed by atoms with Crippen LogP contribution in [-0.4, -0.2) is 44.0 Å². The van der Waals surface area contributed by atoms with Crippen molar-refractivity contribution in [2.45, 2.75) is 20.3 Å². The lowest BCUT2D eigenvalue weighted by Crippen LogP contribution is -2.25. The number of nitrogens with one attached hydrogen (secondary N) is 1. The van der Waals surface area contributed by atoms with E-state index in [9.17, 15) is 4.79 Å². The molecule has 0 aliphatic rings. The number of aliphatic hydroxyl groups is 1. The summed E-state index contributed by atoms with van der Waals surface area (Å²) in [5.41, 5.74) is 0.590. The third-order valence-electron chi connectivity index (χ3n) is 2.67. The van der Waals surface area contributed by atoms with Gasteiger partial charge in [-0.1, -0.05) is 19.9 Å². The van der Waals surface area contributed by atoms with Crippen molar-refractivity contribution in [2.24, 2.45) is 5.92 Å². The predicted molar refractivity (Wildman–Crippen MR) is 81.6 cm³/mol. The van der Waals surface area contributed by atoms with E-state index in [1.807, 2.05) is 12.1 Å². The zero-order chi connectivity index (χ0) is 15.5. The van der Waals surface area contributed by atoms with Gasteiger partial charge in [0.25, 0.3) is 5.91 Å². The summed E-state index contributed by atoms with van der Waals surface area (Å²) in [6, 6.07) is 7.18. The molecule has 0 aromatic heterocycles. The van der Waals surface area contributed by atoms with E-state index in [0.29, 0.717) is 43.6 Å². The maximum atomic E-state index is 12.0. The van der Waals surface area contributed by atoms with Gasteiger partial charge in [0.1, 0.15) is 5.75 Å². The number of hydrogen-bond acceptors (Lipinski definition) is 4. The van der Waals surface area contributed by atoms with E-state index < -0.39 is 0 Å². The monoisotopic (exact) mass is 295 g/mol. The molecule has 0 saturated carbocycles. The molecule has 21 heavy (non-hydrogen) atoms. The molecular weight excluding hydrogens is 270 g/mol. The van der Waals surface area contributed by atoms with Crippen LogP contribution in [0.15, 0.2) is 24.3 Å². The molecule has 0 radical (unpaired) electrons. The van der Waals surface area contributed by atoms with E-state index >= 15 is 0 Å². The van der Waals surface area contributed by atoms with Crippen LogP contribution in [0.5, 0.6) is 5.75 Å². The second-order valence-corrected chi connectivity index (χ2v) is 5.18. The number of amides is 1. The first-order chi connectivity index (χ1) is 10.1. The van der Waals surface area contributed by atoms with Gasteiger partial charge in [0, 0.05) is 18.7 Å². The summed E-state index contributed by atoms with van der Waals surface area (Å²) in [4.78, 5) is 12.0. The average Bonchev–Trinajstić information content (AvgIpc) is 2.48. The van der Waals surface area contributed by atoms with Crippen LogP contribution in [0.1, 0.15) is 30.6 Å². The molecular formula is C16H25NO4. The molecule has 0 aliphatic heterocycles. The number of carbonyl (C=O) groups is 1. The largest absolute Gasteiger partial charge is 0.493 e. The Morgan fingerprint density at radius 3 is 2.86 bits per heavy atom. The summed E-state index contributed by atoms with van der Waals surface area (Å²) < 4.78 is 10.7. The quantitative estimate of drug-likeness (QED) is 0.646. The Labute approximate surface area is 126 Å². The molecule has 5 nitrogen and oxygen atoms in total. The summed E-state index contributed by atoms with van der Waals surface area (Å²) in [5.74, 6) is 1.04. The molecule has 2 N–H and O–H groups in total. The zero-order valence-electron chi connectivity index (χ0n) is 12.8. The maximum absolute atomic E-state index is 12.0. The van der Waals surface area contributed by atoms with Gasteiger partial charge in [-0.3, -0.25) is 4.79 Å². The second-order valence-electron chi connectivity index (χ2n) is 5.18. The van der Waals surface area contributed by atoms with Crippen molar-refractivity contribution in [2.75, 3.05) is 33.0 Å². The molecule has 118 valence electrons. The Balaban J connectivity index is 2.34. The van der Waals surface area contributed by atoms with Crippen molar-refractivity contribution < 1.29 is 19.4 Å². The van der Waals surface area contributed by atoms with Crippen LogP contribution in [0.3, 0.4) is 0 Å².